The van der Waals surface area contributed by atoms with E-state index in [1.54, 1.807) is 6.07 Å². The fraction of sp³-hybridized carbons (Fsp3) is 0.524. The molecule has 154 valence electrons. The van der Waals surface area contributed by atoms with Gasteiger partial charge in [-0.1, -0.05) is 18.7 Å². The monoisotopic (exact) mass is 394 g/mol. The van der Waals surface area contributed by atoms with Crippen LogP contribution in [0.25, 0.3) is 6.08 Å². The molecular formula is C21H28F2N2O3. The van der Waals surface area contributed by atoms with Crippen molar-refractivity contribution in [2.75, 3.05) is 25.2 Å². The normalized spacial score (nSPS) is 20.2. The highest BCUT2D eigenvalue weighted by molar-refractivity contribution is 6.00. The summed E-state index contributed by atoms with van der Waals surface area (Å²) >= 11 is 0. The minimum Gasteiger partial charge on any atom is -0.495 e. The number of hydrogen-bond donors (Lipinski definition) is 1. The number of methoxy groups -OCH3 is 1. The van der Waals surface area contributed by atoms with Crippen molar-refractivity contribution in [2.24, 2.45) is 11.8 Å². The summed E-state index contributed by atoms with van der Waals surface area (Å²) in [6.45, 7) is 4.37. The van der Waals surface area contributed by atoms with Crippen LogP contribution in [0.4, 0.5) is 14.6 Å². The first-order valence-electron chi connectivity index (χ1n) is 9.45. The number of halogens is 2. The third-order valence-electron chi connectivity index (χ3n) is 5.18. The van der Waals surface area contributed by atoms with Crippen LogP contribution in [0.15, 0.2) is 31.0 Å². The van der Waals surface area contributed by atoms with Crippen LogP contribution >= 0.6 is 0 Å². The molecule has 1 amide bonds. The zero-order chi connectivity index (χ0) is 20.7. The number of carbonyl (C=O) groups is 1. The standard InChI is InChI=1S/C21H28F2N2O3/c1-4-20(27)25(11-12-26)19-13-16(18(28-3)14-24-19)8-5-15-6-9-17(10-7-15)21(2,22)23/h4-5,8,13-15,17,26H,1,6-7,9-12H2,2-3H3/b8-5+. The molecule has 28 heavy (non-hydrogen) atoms. The molecule has 1 N–H and O–H groups in total. The first-order valence-corrected chi connectivity index (χ1v) is 9.45. The van der Waals surface area contributed by atoms with Crippen LogP contribution in [-0.2, 0) is 4.79 Å². The molecule has 0 aromatic carbocycles. The van der Waals surface area contributed by atoms with Crippen molar-refractivity contribution in [1.82, 2.24) is 4.98 Å². The fourth-order valence-corrected chi connectivity index (χ4v) is 3.50. The first kappa shape index (κ1) is 22.0. The minimum absolute atomic E-state index is 0.0998. The Morgan fingerprint density at radius 2 is 2.11 bits per heavy atom. The van der Waals surface area contributed by atoms with E-state index >= 15 is 0 Å². The van der Waals surface area contributed by atoms with Crippen LogP contribution in [0.5, 0.6) is 5.75 Å². The summed E-state index contributed by atoms with van der Waals surface area (Å²) in [5.41, 5.74) is 0.732. The van der Waals surface area contributed by atoms with Gasteiger partial charge in [0.15, 0.2) is 0 Å². The molecule has 0 bridgehead atoms. The molecule has 1 saturated carbocycles. The Hall–Kier alpha value is -2.28. The molecule has 1 aliphatic carbocycles. The molecule has 0 aliphatic heterocycles. The highest BCUT2D eigenvalue weighted by Gasteiger charge is 2.36. The van der Waals surface area contributed by atoms with Crippen LogP contribution in [0.1, 0.15) is 38.2 Å². The number of amides is 1. The van der Waals surface area contributed by atoms with Crippen LogP contribution in [0.2, 0.25) is 0 Å². The van der Waals surface area contributed by atoms with Gasteiger partial charge in [-0.3, -0.25) is 9.69 Å². The summed E-state index contributed by atoms with van der Waals surface area (Å²) < 4.78 is 32.3. The van der Waals surface area contributed by atoms with Crippen molar-refractivity contribution in [3.63, 3.8) is 0 Å². The Labute approximate surface area is 164 Å². The van der Waals surface area contributed by atoms with Crippen molar-refractivity contribution in [3.8, 4) is 5.75 Å². The Bertz CT molecular complexity index is 708. The predicted octanol–water partition coefficient (Wildman–Crippen LogP) is 4.08. The number of hydrogen-bond acceptors (Lipinski definition) is 4. The molecular weight excluding hydrogens is 366 g/mol. The fourth-order valence-electron chi connectivity index (χ4n) is 3.50. The largest absolute Gasteiger partial charge is 0.495 e. The number of aliphatic hydroxyl groups is 1. The maximum Gasteiger partial charge on any atom is 0.251 e. The second kappa shape index (κ2) is 9.78. The van der Waals surface area contributed by atoms with E-state index in [0.29, 0.717) is 24.4 Å². The average molecular weight is 394 g/mol. The van der Waals surface area contributed by atoms with Gasteiger partial charge in [0.05, 0.1) is 26.5 Å². The Kier molecular flexibility index (Phi) is 7.69. The topological polar surface area (TPSA) is 62.7 Å². The van der Waals surface area contributed by atoms with E-state index in [4.69, 9.17) is 4.74 Å². The third kappa shape index (κ3) is 5.61. The molecule has 7 heteroatoms. The first-order chi connectivity index (χ1) is 13.3. The summed E-state index contributed by atoms with van der Waals surface area (Å²) in [5.74, 6) is -2.37. The molecule has 1 aromatic rings. The highest BCUT2D eigenvalue weighted by atomic mass is 19.3. The number of rotatable bonds is 8. The lowest BCUT2D eigenvalue weighted by molar-refractivity contribution is -0.114. The van der Waals surface area contributed by atoms with E-state index in [9.17, 15) is 18.7 Å². The van der Waals surface area contributed by atoms with Gasteiger partial charge in [0.2, 0.25) is 5.92 Å². The van der Waals surface area contributed by atoms with E-state index in [-0.39, 0.29) is 25.0 Å². The number of aliphatic hydroxyl groups excluding tert-OH is 1. The summed E-state index contributed by atoms with van der Waals surface area (Å²) in [4.78, 5) is 17.6. The van der Waals surface area contributed by atoms with Crippen molar-refractivity contribution < 1.29 is 23.4 Å². The van der Waals surface area contributed by atoms with Crippen LogP contribution in [0.3, 0.4) is 0 Å². The number of aromatic nitrogens is 1. The zero-order valence-electron chi connectivity index (χ0n) is 16.4. The van der Waals surface area contributed by atoms with Gasteiger partial charge in [-0.05, 0) is 50.7 Å². The summed E-state index contributed by atoms with van der Waals surface area (Å²) in [6, 6.07) is 1.71. The summed E-state index contributed by atoms with van der Waals surface area (Å²) in [6.07, 6.45) is 9.03. The van der Waals surface area contributed by atoms with Crippen molar-refractivity contribution in [1.29, 1.82) is 0 Å². The molecule has 0 radical (unpaired) electrons. The Morgan fingerprint density at radius 3 is 2.64 bits per heavy atom. The lowest BCUT2D eigenvalue weighted by Crippen LogP contribution is -2.32. The van der Waals surface area contributed by atoms with E-state index in [0.717, 1.165) is 25.3 Å². The number of anilines is 1. The van der Waals surface area contributed by atoms with E-state index in [1.807, 2.05) is 12.2 Å². The number of nitrogens with zero attached hydrogens (tertiary/aromatic N) is 2. The van der Waals surface area contributed by atoms with Gasteiger partial charge in [0, 0.05) is 11.5 Å². The maximum absolute atomic E-state index is 13.5. The molecule has 2 rings (SSSR count). The lowest BCUT2D eigenvalue weighted by Gasteiger charge is -2.30. The number of ether oxygens (including phenoxy) is 1. The lowest BCUT2D eigenvalue weighted by atomic mass is 9.79. The molecule has 0 spiro atoms. The number of alkyl halides is 2. The minimum atomic E-state index is -2.62. The molecule has 0 saturated heterocycles. The van der Waals surface area contributed by atoms with Crippen LogP contribution in [0, 0.1) is 11.8 Å². The van der Waals surface area contributed by atoms with E-state index < -0.39 is 11.8 Å². The van der Waals surface area contributed by atoms with Gasteiger partial charge in [-0.25, -0.2) is 13.8 Å². The van der Waals surface area contributed by atoms with Crippen molar-refractivity contribution >= 4 is 17.8 Å². The average Bonchev–Trinajstić information content (AvgIpc) is 2.69. The molecule has 0 atom stereocenters. The second-order valence-corrected chi connectivity index (χ2v) is 7.13. The quantitative estimate of drug-likeness (QED) is 0.675. The Balaban J connectivity index is 2.17. The van der Waals surface area contributed by atoms with Gasteiger partial charge >= 0.3 is 0 Å². The van der Waals surface area contributed by atoms with Gasteiger partial charge < -0.3 is 9.84 Å². The molecule has 1 aliphatic rings. The van der Waals surface area contributed by atoms with Gasteiger partial charge in [-0.2, -0.15) is 0 Å². The number of carbonyl (C=O) groups excluding carboxylic acids is 1. The zero-order valence-corrected chi connectivity index (χ0v) is 16.4. The van der Waals surface area contributed by atoms with Gasteiger partial charge in [-0.15, -0.1) is 0 Å². The summed E-state index contributed by atoms with van der Waals surface area (Å²) in [5, 5.41) is 9.22. The van der Waals surface area contributed by atoms with Gasteiger partial charge in [0.1, 0.15) is 11.6 Å². The molecule has 0 unspecified atom stereocenters. The molecule has 1 heterocycles. The van der Waals surface area contributed by atoms with Crippen LogP contribution in [-0.4, -0.2) is 42.2 Å². The Morgan fingerprint density at radius 1 is 1.43 bits per heavy atom. The van der Waals surface area contributed by atoms with E-state index in [1.165, 1.54) is 24.3 Å². The highest BCUT2D eigenvalue weighted by Crippen LogP contribution is 2.39. The number of allylic oxidation sites excluding steroid dienone is 1. The molecule has 5 nitrogen and oxygen atoms in total. The van der Waals surface area contributed by atoms with Gasteiger partial charge in [0.25, 0.3) is 5.91 Å². The molecule has 1 aromatic heterocycles. The predicted molar refractivity (Wildman–Crippen MR) is 106 cm³/mol. The maximum atomic E-state index is 13.5. The third-order valence-corrected chi connectivity index (χ3v) is 5.18. The second-order valence-electron chi connectivity index (χ2n) is 7.13. The van der Waals surface area contributed by atoms with Crippen molar-refractivity contribution in [2.45, 2.75) is 38.5 Å². The van der Waals surface area contributed by atoms with Crippen LogP contribution < -0.4 is 9.64 Å². The molecule has 1 fully saturated rings. The smallest absolute Gasteiger partial charge is 0.251 e. The van der Waals surface area contributed by atoms with E-state index in [2.05, 4.69) is 11.6 Å². The summed E-state index contributed by atoms with van der Waals surface area (Å²) in [7, 11) is 1.53. The van der Waals surface area contributed by atoms with Crippen molar-refractivity contribution in [3.05, 3.63) is 36.6 Å². The SMILES string of the molecule is C=CC(=O)N(CCO)c1cc(/C=C/C2CCC(C(C)(F)F)CC2)c(OC)cn1. The number of pyridine rings is 1.